The Balaban J connectivity index is 2.16. The molecule has 2 aromatic rings. The fraction of sp³-hybridized carbons (Fsp3) is 0.375. The summed E-state index contributed by atoms with van der Waals surface area (Å²) < 4.78 is 15.3. The summed E-state index contributed by atoms with van der Waals surface area (Å²) in [4.78, 5) is 12.3. The largest absolute Gasteiger partial charge is 0.387 e. The average Bonchev–Trinajstić information content (AvgIpc) is 2.87. The fourth-order valence-corrected chi connectivity index (χ4v) is 2.95. The molecule has 0 fully saturated rings. The molecule has 23 heavy (non-hydrogen) atoms. The summed E-state index contributed by atoms with van der Waals surface area (Å²) in [5.41, 5.74) is 0.202. The minimum absolute atomic E-state index is 0.136. The van der Waals surface area contributed by atoms with Crippen LogP contribution in [0.3, 0.4) is 0 Å². The number of halogens is 1. The van der Waals surface area contributed by atoms with Crippen LogP contribution in [0.1, 0.15) is 23.0 Å². The molecular formula is C16H20FN3O2S. The number of nitrogens with zero attached hydrogens (tertiary/aromatic N) is 2. The molecule has 0 spiro atoms. The lowest BCUT2D eigenvalue weighted by Crippen LogP contribution is -2.42. The molecule has 1 aromatic heterocycles. The predicted octanol–water partition coefficient (Wildman–Crippen LogP) is 2.16. The van der Waals surface area contributed by atoms with Gasteiger partial charge >= 0.3 is 0 Å². The number of hydrogen-bond donors (Lipinski definition) is 2. The van der Waals surface area contributed by atoms with Crippen LogP contribution in [0.4, 0.5) is 4.39 Å². The van der Waals surface area contributed by atoms with Gasteiger partial charge in [-0.2, -0.15) is 16.9 Å². The van der Waals surface area contributed by atoms with Crippen LogP contribution in [0, 0.1) is 12.7 Å². The zero-order valence-corrected chi connectivity index (χ0v) is 14.2. The monoisotopic (exact) mass is 337 g/mol. The first-order valence-electron chi connectivity index (χ1n) is 7.15. The van der Waals surface area contributed by atoms with Crippen LogP contribution in [-0.4, -0.2) is 44.9 Å². The summed E-state index contributed by atoms with van der Waals surface area (Å²) in [5.74, 6) is -0.235. The summed E-state index contributed by atoms with van der Waals surface area (Å²) in [7, 11) is 0. The van der Waals surface area contributed by atoms with E-state index in [9.17, 15) is 14.3 Å². The van der Waals surface area contributed by atoms with Crippen LogP contribution in [0.25, 0.3) is 5.69 Å². The molecule has 1 aromatic carbocycles. The number of aromatic nitrogens is 2. The van der Waals surface area contributed by atoms with Crippen molar-refractivity contribution >= 4 is 17.7 Å². The molecule has 1 amide bonds. The summed E-state index contributed by atoms with van der Waals surface area (Å²) in [6.45, 7) is 3.50. The van der Waals surface area contributed by atoms with Crippen molar-refractivity contribution in [2.75, 3.05) is 18.6 Å². The lowest BCUT2D eigenvalue weighted by atomic mass is 10.1. The highest BCUT2D eigenvalue weighted by molar-refractivity contribution is 7.98. The number of carbonyl (C=O) groups excluding carboxylic acids is 1. The van der Waals surface area contributed by atoms with Crippen LogP contribution in [-0.2, 0) is 0 Å². The number of rotatable bonds is 6. The molecule has 1 heterocycles. The number of carbonyl (C=O) groups is 1. The third-order valence-electron chi connectivity index (χ3n) is 3.42. The standard InChI is InChI=1S/C16H20FN3O2S/c1-11-12(15(21)18-9-16(2,22)10-23-3)8-19-20(11)14-7-5-4-6-13(14)17/h4-8,22H,9-10H2,1-3H3,(H,18,21). The maximum absolute atomic E-state index is 13.9. The number of nitrogens with one attached hydrogen (secondary N) is 1. The van der Waals surface area contributed by atoms with Gasteiger partial charge in [0.25, 0.3) is 5.91 Å². The Morgan fingerprint density at radius 2 is 2.17 bits per heavy atom. The van der Waals surface area contributed by atoms with Gasteiger partial charge in [-0.1, -0.05) is 12.1 Å². The molecule has 124 valence electrons. The molecule has 0 aliphatic carbocycles. The molecular weight excluding hydrogens is 317 g/mol. The van der Waals surface area contributed by atoms with Crippen LogP contribution in [0.5, 0.6) is 0 Å². The summed E-state index contributed by atoms with van der Waals surface area (Å²) in [5, 5.41) is 16.9. The second-order valence-electron chi connectivity index (χ2n) is 5.62. The Morgan fingerprint density at radius 1 is 1.48 bits per heavy atom. The Hall–Kier alpha value is -1.86. The van der Waals surface area contributed by atoms with Crippen molar-refractivity contribution in [2.24, 2.45) is 0 Å². The lowest BCUT2D eigenvalue weighted by molar-refractivity contribution is 0.0724. The quantitative estimate of drug-likeness (QED) is 0.848. The van der Waals surface area contributed by atoms with E-state index >= 15 is 0 Å². The molecule has 7 heteroatoms. The van der Waals surface area contributed by atoms with E-state index in [2.05, 4.69) is 10.4 Å². The maximum Gasteiger partial charge on any atom is 0.254 e. The summed E-state index contributed by atoms with van der Waals surface area (Å²) >= 11 is 1.50. The van der Waals surface area contributed by atoms with E-state index < -0.39 is 11.4 Å². The summed E-state index contributed by atoms with van der Waals surface area (Å²) in [6.07, 6.45) is 3.29. The van der Waals surface area contributed by atoms with Crippen molar-refractivity contribution < 1.29 is 14.3 Å². The van der Waals surface area contributed by atoms with Crippen LogP contribution in [0.2, 0.25) is 0 Å². The number of aliphatic hydroxyl groups is 1. The molecule has 2 N–H and O–H groups in total. The number of thioether (sulfide) groups is 1. The van der Waals surface area contributed by atoms with Crippen molar-refractivity contribution in [3.63, 3.8) is 0 Å². The normalized spacial score (nSPS) is 13.6. The first-order valence-corrected chi connectivity index (χ1v) is 8.54. The number of hydrogen-bond acceptors (Lipinski definition) is 4. The van der Waals surface area contributed by atoms with Gasteiger partial charge in [0.2, 0.25) is 0 Å². The number of amides is 1. The molecule has 0 radical (unpaired) electrons. The molecule has 0 saturated heterocycles. The lowest BCUT2D eigenvalue weighted by Gasteiger charge is -2.22. The highest BCUT2D eigenvalue weighted by Gasteiger charge is 2.22. The molecule has 1 atom stereocenters. The molecule has 5 nitrogen and oxygen atoms in total. The Morgan fingerprint density at radius 3 is 2.83 bits per heavy atom. The van der Waals surface area contributed by atoms with E-state index in [-0.39, 0.29) is 12.5 Å². The zero-order chi connectivity index (χ0) is 17.0. The van der Waals surface area contributed by atoms with Crippen LogP contribution >= 0.6 is 11.8 Å². The molecule has 0 aliphatic heterocycles. The molecule has 1 unspecified atom stereocenters. The van der Waals surface area contributed by atoms with Crippen molar-refractivity contribution in [3.05, 3.63) is 47.5 Å². The van der Waals surface area contributed by atoms with Gasteiger partial charge in [0.05, 0.1) is 23.1 Å². The van der Waals surface area contributed by atoms with Gasteiger partial charge in [0.1, 0.15) is 11.5 Å². The number of benzene rings is 1. The Kier molecular flexibility index (Phi) is 5.43. The molecule has 0 saturated carbocycles. The first-order chi connectivity index (χ1) is 10.9. The zero-order valence-electron chi connectivity index (χ0n) is 13.3. The Labute approximate surface area is 138 Å². The second-order valence-corrected chi connectivity index (χ2v) is 6.49. The smallest absolute Gasteiger partial charge is 0.254 e. The van der Waals surface area contributed by atoms with Gasteiger partial charge in [-0.25, -0.2) is 9.07 Å². The molecule has 2 rings (SSSR count). The van der Waals surface area contributed by atoms with Gasteiger partial charge in [-0.05, 0) is 32.2 Å². The minimum atomic E-state index is -0.982. The minimum Gasteiger partial charge on any atom is -0.387 e. The van der Waals surface area contributed by atoms with E-state index in [0.717, 1.165) is 0 Å². The van der Waals surface area contributed by atoms with Crippen molar-refractivity contribution in [3.8, 4) is 5.69 Å². The molecule has 0 bridgehead atoms. The van der Waals surface area contributed by atoms with Gasteiger partial charge in [0.15, 0.2) is 0 Å². The van der Waals surface area contributed by atoms with Gasteiger partial charge in [-0.15, -0.1) is 0 Å². The third-order valence-corrected chi connectivity index (χ3v) is 4.33. The first kappa shape index (κ1) is 17.5. The van der Waals surface area contributed by atoms with Gasteiger partial charge in [0, 0.05) is 12.3 Å². The Bertz CT molecular complexity index is 700. The van der Waals surface area contributed by atoms with E-state index in [0.29, 0.717) is 22.7 Å². The van der Waals surface area contributed by atoms with Crippen LogP contribution in [0.15, 0.2) is 30.5 Å². The highest BCUT2D eigenvalue weighted by Crippen LogP contribution is 2.17. The second kappa shape index (κ2) is 7.14. The van der Waals surface area contributed by atoms with Crippen molar-refractivity contribution in [2.45, 2.75) is 19.4 Å². The van der Waals surface area contributed by atoms with E-state index in [1.165, 1.54) is 28.7 Å². The topological polar surface area (TPSA) is 67.2 Å². The maximum atomic E-state index is 13.9. The molecule has 0 aliphatic rings. The average molecular weight is 337 g/mol. The highest BCUT2D eigenvalue weighted by atomic mass is 32.2. The van der Waals surface area contributed by atoms with Crippen LogP contribution < -0.4 is 5.32 Å². The van der Waals surface area contributed by atoms with Gasteiger partial charge in [-0.3, -0.25) is 4.79 Å². The van der Waals surface area contributed by atoms with Gasteiger partial charge < -0.3 is 10.4 Å². The van der Waals surface area contributed by atoms with E-state index in [1.807, 2.05) is 6.26 Å². The van der Waals surface area contributed by atoms with Crippen molar-refractivity contribution in [1.82, 2.24) is 15.1 Å². The van der Waals surface area contributed by atoms with Crippen molar-refractivity contribution in [1.29, 1.82) is 0 Å². The SMILES string of the molecule is CSCC(C)(O)CNC(=O)c1cnn(-c2ccccc2F)c1C. The van der Waals surface area contributed by atoms with E-state index in [4.69, 9.17) is 0 Å². The fourth-order valence-electron chi connectivity index (χ4n) is 2.23. The number of para-hydroxylation sites is 1. The van der Waals surface area contributed by atoms with E-state index in [1.54, 1.807) is 32.0 Å². The summed E-state index contributed by atoms with van der Waals surface area (Å²) in [6, 6.07) is 6.24. The third kappa shape index (κ3) is 4.11. The predicted molar refractivity (Wildman–Crippen MR) is 89.6 cm³/mol.